The van der Waals surface area contributed by atoms with Crippen molar-refractivity contribution in [3.05, 3.63) is 11.4 Å². The number of nitrogens with one attached hydrogen (secondary N) is 2. The maximum Gasteiger partial charge on any atom is 0.136 e. The lowest BCUT2D eigenvalue weighted by Gasteiger charge is -2.13. The number of anilines is 2. The Morgan fingerprint density at radius 1 is 1.22 bits per heavy atom. The average Bonchev–Trinajstić information content (AvgIpc) is 3.25. The molecule has 1 heterocycles. The molecular formula is C14H22N4. The third kappa shape index (κ3) is 2.16. The fourth-order valence-corrected chi connectivity index (χ4v) is 2.49. The van der Waals surface area contributed by atoms with Crippen molar-refractivity contribution in [3.8, 4) is 0 Å². The van der Waals surface area contributed by atoms with Crippen LogP contribution in [0.3, 0.4) is 0 Å². The van der Waals surface area contributed by atoms with Crippen molar-refractivity contribution >= 4 is 11.6 Å². The fraction of sp³-hybridized carbons (Fsp3) is 0.714. The van der Waals surface area contributed by atoms with E-state index in [1.165, 1.54) is 25.7 Å². The van der Waals surface area contributed by atoms with Gasteiger partial charge in [0, 0.05) is 24.6 Å². The van der Waals surface area contributed by atoms with E-state index in [1.807, 2.05) is 7.05 Å². The Morgan fingerprint density at radius 3 is 2.50 bits per heavy atom. The van der Waals surface area contributed by atoms with Gasteiger partial charge in [-0.15, -0.1) is 0 Å². The van der Waals surface area contributed by atoms with Crippen LogP contribution < -0.4 is 10.6 Å². The highest BCUT2D eigenvalue weighted by Crippen LogP contribution is 2.41. The predicted molar refractivity (Wildman–Crippen MR) is 74.1 cm³/mol. The Hall–Kier alpha value is -1.32. The smallest absolute Gasteiger partial charge is 0.136 e. The summed E-state index contributed by atoms with van der Waals surface area (Å²) in [5.74, 6) is 4.46. The van der Waals surface area contributed by atoms with E-state index in [9.17, 15) is 0 Å². The molecule has 0 saturated heterocycles. The summed E-state index contributed by atoms with van der Waals surface area (Å²) < 4.78 is 0. The first-order valence-corrected chi connectivity index (χ1v) is 7.05. The highest BCUT2D eigenvalue weighted by molar-refractivity contribution is 5.58. The van der Waals surface area contributed by atoms with E-state index in [2.05, 4.69) is 29.5 Å². The number of hydrogen-bond donors (Lipinski definition) is 2. The van der Waals surface area contributed by atoms with Gasteiger partial charge in [-0.2, -0.15) is 0 Å². The van der Waals surface area contributed by atoms with Crippen LogP contribution in [-0.2, 0) is 0 Å². The molecule has 2 unspecified atom stereocenters. The molecule has 0 radical (unpaired) electrons. The maximum atomic E-state index is 4.73. The molecular weight excluding hydrogens is 224 g/mol. The summed E-state index contributed by atoms with van der Waals surface area (Å²) in [4.78, 5) is 9.35. The minimum Gasteiger partial charge on any atom is -0.373 e. The zero-order valence-corrected chi connectivity index (χ0v) is 11.5. The Bertz CT molecular complexity index is 453. The summed E-state index contributed by atoms with van der Waals surface area (Å²) in [5, 5.41) is 6.78. The molecule has 0 aliphatic heterocycles. The van der Waals surface area contributed by atoms with Gasteiger partial charge in [-0.3, -0.25) is 0 Å². The summed E-state index contributed by atoms with van der Waals surface area (Å²) in [6.07, 6.45) is 5.03. The van der Waals surface area contributed by atoms with Crippen LogP contribution >= 0.6 is 0 Å². The molecule has 2 fully saturated rings. The van der Waals surface area contributed by atoms with Crippen molar-refractivity contribution in [2.45, 2.75) is 51.5 Å². The highest BCUT2D eigenvalue weighted by atomic mass is 15.1. The van der Waals surface area contributed by atoms with Crippen LogP contribution in [0.15, 0.2) is 0 Å². The monoisotopic (exact) mass is 246 g/mol. The molecule has 0 aromatic carbocycles. The molecule has 2 aliphatic carbocycles. The zero-order valence-electron chi connectivity index (χ0n) is 11.5. The van der Waals surface area contributed by atoms with Gasteiger partial charge in [-0.1, -0.05) is 13.3 Å². The molecule has 0 amide bonds. The van der Waals surface area contributed by atoms with Crippen LogP contribution in [0.25, 0.3) is 0 Å². The van der Waals surface area contributed by atoms with E-state index in [0.29, 0.717) is 12.0 Å². The standard InChI is InChI=1S/C14H22N4/c1-4-9-7-11(9)16-13-8(2)12(15-3)17-14(18-13)10-5-6-10/h9-11H,4-7H2,1-3H3,(H2,15,16,17,18). The lowest BCUT2D eigenvalue weighted by atomic mass is 10.2. The second kappa shape index (κ2) is 4.41. The molecule has 0 bridgehead atoms. The van der Waals surface area contributed by atoms with Crippen molar-refractivity contribution in [3.63, 3.8) is 0 Å². The molecule has 2 N–H and O–H groups in total. The fourth-order valence-electron chi connectivity index (χ4n) is 2.49. The molecule has 18 heavy (non-hydrogen) atoms. The minimum atomic E-state index is 0.597. The highest BCUT2D eigenvalue weighted by Gasteiger charge is 2.36. The molecule has 4 nitrogen and oxygen atoms in total. The SMILES string of the molecule is CCC1CC1Nc1nc(C2CC2)nc(NC)c1C. The van der Waals surface area contributed by atoms with Crippen molar-refractivity contribution in [1.29, 1.82) is 0 Å². The van der Waals surface area contributed by atoms with Gasteiger partial charge < -0.3 is 10.6 Å². The number of nitrogens with zero attached hydrogens (tertiary/aromatic N) is 2. The molecule has 2 aliphatic rings. The van der Waals surface area contributed by atoms with E-state index in [1.54, 1.807) is 0 Å². The third-order valence-corrected chi connectivity index (χ3v) is 4.11. The second-order valence-electron chi connectivity index (χ2n) is 5.58. The summed E-state index contributed by atoms with van der Waals surface area (Å²) in [6.45, 7) is 4.35. The largest absolute Gasteiger partial charge is 0.373 e. The Labute approximate surface area is 109 Å². The minimum absolute atomic E-state index is 0.597. The average molecular weight is 246 g/mol. The molecule has 1 aromatic heterocycles. The van der Waals surface area contributed by atoms with Crippen molar-refractivity contribution < 1.29 is 0 Å². The molecule has 3 rings (SSSR count). The second-order valence-corrected chi connectivity index (χ2v) is 5.58. The third-order valence-electron chi connectivity index (χ3n) is 4.11. The molecule has 2 saturated carbocycles. The maximum absolute atomic E-state index is 4.73. The lowest BCUT2D eigenvalue weighted by Crippen LogP contribution is -2.12. The van der Waals surface area contributed by atoms with Crippen molar-refractivity contribution in [2.75, 3.05) is 17.7 Å². The molecule has 0 spiro atoms. The first-order valence-electron chi connectivity index (χ1n) is 7.05. The molecule has 1 aromatic rings. The summed E-state index contributed by atoms with van der Waals surface area (Å²) >= 11 is 0. The van der Waals surface area contributed by atoms with Gasteiger partial charge >= 0.3 is 0 Å². The van der Waals surface area contributed by atoms with E-state index >= 15 is 0 Å². The predicted octanol–water partition coefficient (Wildman–Crippen LogP) is 2.91. The van der Waals surface area contributed by atoms with Gasteiger partial charge in [0.25, 0.3) is 0 Å². The normalized spacial score (nSPS) is 25.9. The van der Waals surface area contributed by atoms with Gasteiger partial charge in [0.2, 0.25) is 0 Å². The topological polar surface area (TPSA) is 49.8 Å². The first kappa shape index (κ1) is 11.8. The van der Waals surface area contributed by atoms with Crippen molar-refractivity contribution in [2.24, 2.45) is 5.92 Å². The van der Waals surface area contributed by atoms with Crippen LogP contribution in [0.1, 0.15) is 49.9 Å². The van der Waals surface area contributed by atoms with Crippen LogP contribution in [-0.4, -0.2) is 23.1 Å². The zero-order chi connectivity index (χ0) is 12.7. The van der Waals surface area contributed by atoms with Gasteiger partial charge in [0.1, 0.15) is 17.5 Å². The van der Waals surface area contributed by atoms with Crippen LogP contribution in [0.4, 0.5) is 11.6 Å². The summed E-state index contributed by atoms with van der Waals surface area (Å²) in [6, 6.07) is 0.625. The van der Waals surface area contributed by atoms with Gasteiger partial charge in [0.15, 0.2) is 0 Å². The Kier molecular flexibility index (Phi) is 2.88. The Balaban J connectivity index is 1.84. The number of hydrogen-bond acceptors (Lipinski definition) is 4. The van der Waals surface area contributed by atoms with Gasteiger partial charge in [-0.05, 0) is 32.1 Å². The molecule has 4 heteroatoms. The van der Waals surface area contributed by atoms with E-state index < -0.39 is 0 Å². The Morgan fingerprint density at radius 2 is 1.94 bits per heavy atom. The van der Waals surface area contributed by atoms with Crippen molar-refractivity contribution in [1.82, 2.24) is 9.97 Å². The number of aromatic nitrogens is 2. The van der Waals surface area contributed by atoms with E-state index in [0.717, 1.165) is 28.9 Å². The van der Waals surface area contributed by atoms with E-state index in [4.69, 9.17) is 4.98 Å². The molecule has 98 valence electrons. The van der Waals surface area contributed by atoms with Gasteiger partial charge in [-0.25, -0.2) is 9.97 Å². The van der Waals surface area contributed by atoms with Crippen LogP contribution in [0.5, 0.6) is 0 Å². The molecule has 2 atom stereocenters. The first-order chi connectivity index (χ1) is 8.72. The van der Waals surface area contributed by atoms with Crippen LogP contribution in [0.2, 0.25) is 0 Å². The van der Waals surface area contributed by atoms with Crippen LogP contribution in [0, 0.1) is 12.8 Å². The summed E-state index contributed by atoms with van der Waals surface area (Å²) in [7, 11) is 1.93. The number of rotatable bonds is 5. The van der Waals surface area contributed by atoms with E-state index in [-0.39, 0.29) is 0 Å². The lowest BCUT2D eigenvalue weighted by molar-refractivity contribution is 0.771. The quantitative estimate of drug-likeness (QED) is 0.838. The summed E-state index contributed by atoms with van der Waals surface area (Å²) in [5.41, 5.74) is 1.14. The van der Waals surface area contributed by atoms with Gasteiger partial charge in [0.05, 0.1) is 0 Å².